The summed E-state index contributed by atoms with van der Waals surface area (Å²) in [7, 11) is 0. The number of aromatic nitrogens is 5. The van der Waals surface area contributed by atoms with E-state index in [0.717, 1.165) is 31.6 Å². The molecule has 3 aromatic heterocycles. The van der Waals surface area contributed by atoms with Gasteiger partial charge in [-0.25, -0.2) is 8.91 Å². The van der Waals surface area contributed by atoms with Crippen LogP contribution in [0.5, 0.6) is 0 Å². The maximum Gasteiger partial charge on any atom is 0.261 e. The average molecular weight is 451 g/mol. The normalized spacial score (nSPS) is 14.7. The highest BCUT2D eigenvalue weighted by Crippen LogP contribution is 2.30. The molecule has 0 amide bonds. The van der Waals surface area contributed by atoms with Crippen molar-refractivity contribution in [2.24, 2.45) is 0 Å². The summed E-state index contributed by atoms with van der Waals surface area (Å²) >= 11 is 5.83. The Labute approximate surface area is 180 Å². The average Bonchev–Trinajstić information content (AvgIpc) is 3.37. The molecule has 1 aromatic carbocycles. The van der Waals surface area contributed by atoms with Crippen molar-refractivity contribution in [1.82, 2.24) is 30.1 Å². The van der Waals surface area contributed by atoms with E-state index in [4.69, 9.17) is 16.1 Å². The standard InChI is InChI=1S/C19H16ClFN6O2.ClH/c20-13-3-1-2-11(16(13)21)19-25-17(26-29-19)12-9-23-27-14(8-15(28)24-18(12)27)10-4-6-22-7-5-10;/h1-3,8-10,22H,4-7H2,(H,24,28);1H. The Kier molecular flexibility index (Phi) is 5.59. The molecule has 1 fully saturated rings. The number of benzene rings is 1. The predicted octanol–water partition coefficient (Wildman–Crippen LogP) is 3.42. The quantitative estimate of drug-likeness (QED) is 0.495. The predicted molar refractivity (Wildman–Crippen MR) is 112 cm³/mol. The maximum atomic E-state index is 14.3. The molecule has 2 N–H and O–H groups in total. The zero-order valence-corrected chi connectivity index (χ0v) is 17.1. The van der Waals surface area contributed by atoms with Gasteiger partial charge in [0.2, 0.25) is 5.82 Å². The summed E-state index contributed by atoms with van der Waals surface area (Å²) in [6, 6.07) is 6.13. The highest BCUT2D eigenvalue weighted by atomic mass is 35.5. The second-order valence-corrected chi connectivity index (χ2v) is 7.33. The highest BCUT2D eigenvalue weighted by Gasteiger charge is 2.23. The number of nitrogens with zero attached hydrogens (tertiary/aromatic N) is 4. The number of hydrogen-bond donors (Lipinski definition) is 2. The summed E-state index contributed by atoms with van der Waals surface area (Å²) in [4.78, 5) is 19.4. The number of rotatable bonds is 3. The van der Waals surface area contributed by atoms with E-state index in [1.165, 1.54) is 12.1 Å². The smallest absolute Gasteiger partial charge is 0.261 e. The van der Waals surface area contributed by atoms with E-state index < -0.39 is 5.82 Å². The third-order valence-electron chi connectivity index (χ3n) is 5.14. The summed E-state index contributed by atoms with van der Waals surface area (Å²) in [5, 5.41) is 11.7. The molecule has 1 saturated heterocycles. The Hall–Kier alpha value is -2.75. The van der Waals surface area contributed by atoms with Crippen LogP contribution in [-0.4, -0.2) is 37.8 Å². The molecule has 0 spiro atoms. The van der Waals surface area contributed by atoms with Gasteiger partial charge in [-0.2, -0.15) is 10.1 Å². The first-order chi connectivity index (χ1) is 14.1. The van der Waals surface area contributed by atoms with Gasteiger partial charge in [-0.05, 0) is 38.1 Å². The van der Waals surface area contributed by atoms with Crippen LogP contribution in [0.3, 0.4) is 0 Å². The van der Waals surface area contributed by atoms with Crippen LogP contribution in [0.2, 0.25) is 5.02 Å². The van der Waals surface area contributed by atoms with E-state index in [0.29, 0.717) is 11.2 Å². The van der Waals surface area contributed by atoms with Gasteiger partial charge in [0.1, 0.15) is 5.65 Å². The third-order valence-corrected chi connectivity index (χ3v) is 5.43. The van der Waals surface area contributed by atoms with E-state index >= 15 is 0 Å². The molecule has 156 valence electrons. The van der Waals surface area contributed by atoms with Crippen LogP contribution in [0.25, 0.3) is 28.5 Å². The third kappa shape index (κ3) is 3.49. The number of hydrogen-bond acceptors (Lipinski definition) is 6. The minimum Gasteiger partial charge on any atom is -0.333 e. The lowest BCUT2D eigenvalue weighted by Crippen LogP contribution is -2.28. The Balaban J connectivity index is 0.00000218. The van der Waals surface area contributed by atoms with Crippen LogP contribution in [-0.2, 0) is 0 Å². The van der Waals surface area contributed by atoms with Crippen molar-refractivity contribution in [3.8, 4) is 22.8 Å². The fraction of sp³-hybridized carbons (Fsp3) is 0.263. The van der Waals surface area contributed by atoms with Gasteiger partial charge in [0.15, 0.2) is 5.82 Å². The van der Waals surface area contributed by atoms with Gasteiger partial charge < -0.3 is 14.8 Å². The highest BCUT2D eigenvalue weighted by molar-refractivity contribution is 6.31. The molecule has 30 heavy (non-hydrogen) atoms. The summed E-state index contributed by atoms with van der Waals surface area (Å²) in [5.41, 5.74) is 1.70. The maximum absolute atomic E-state index is 14.3. The van der Waals surface area contributed by atoms with E-state index in [1.54, 1.807) is 22.8 Å². The minimum absolute atomic E-state index is 0. The Morgan fingerprint density at radius 3 is 2.83 bits per heavy atom. The molecule has 0 aliphatic carbocycles. The molecule has 1 aliphatic rings. The van der Waals surface area contributed by atoms with Gasteiger partial charge >= 0.3 is 0 Å². The number of aromatic amines is 1. The van der Waals surface area contributed by atoms with Crippen molar-refractivity contribution in [2.45, 2.75) is 18.8 Å². The lowest BCUT2D eigenvalue weighted by atomic mass is 9.94. The molecule has 0 radical (unpaired) electrons. The molecule has 11 heteroatoms. The zero-order valence-electron chi connectivity index (χ0n) is 15.6. The number of piperidine rings is 1. The van der Waals surface area contributed by atoms with Crippen molar-refractivity contribution in [3.05, 3.63) is 57.3 Å². The molecule has 0 saturated carbocycles. The molecular weight excluding hydrogens is 434 g/mol. The van der Waals surface area contributed by atoms with E-state index in [-0.39, 0.29) is 46.2 Å². The molecule has 4 aromatic rings. The van der Waals surface area contributed by atoms with Crippen LogP contribution in [0.4, 0.5) is 4.39 Å². The number of fused-ring (bicyclic) bond motifs is 1. The Bertz CT molecular complexity index is 1260. The molecule has 8 nitrogen and oxygen atoms in total. The summed E-state index contributed by atoms with van der Waals surface area (Å²) in [6.07, 6.45) is 3.42. The Morgan fingerprint density at radius 1 is 1.23 bits per heavy atom. The number of halogens is 3. The SMILES string of the molecule is Cl.O=c1cc(C2CCNCC2)n2ncc(-c3noc(-c4cccc(Cl)c4F)n3)c2[nH]1. The fourth-order valence-corrected chi connectivity index (χ4v) is 3.87. The molecule has 0 unspecified atom stereocenters. The molecule has 0 bridgehead atoms. The van der Waals surface area contributed by atoms with Crippen molar-refractivity contribution in [2.75, 3.05) is 13.1 Å². The van der Waals surface area contributed by atoms with Crippen molar-refractivity contribution in [1.29, 1.82) is 0 Å². The molecule has 5 rings (SSSR count). The van der Waals surface area contributed by atoms with Crippen LogP contribution in [0.1, 0.15) is 24.5 Å². The monoisotopic (exact) mass is 450 g/mol. The largest absolute Gasteiger partial charge is 0.333 e. The second kappa shape index (κ2) is 8.17. The van der Waals surface area contributed by atoms with Gasteiger partial charge in [0.25, 0.3) is 11.4 Å². The van der Waals surface area contributed by atoms with E-state index in [9.17, 15) is 9.18 Å². The molecule has 1 aliphatic heterocycles. The first kappa shape index (κ1) is 20.5. The van der Waals surface area contributed by atoms with Crippen molar-refractivity contribution >= 4 is 29.7 Å². The number of H-pyrrole nitrogens is 1. The summed E-state index contributed by atoms with van der Waals surface area (Å²) < 4.78 is 21.2. The molecule has 0 atom stereocenters. The lowest BCUT2D eigenvalue weighted by molar-refractivity contribution is 0.430. The van der Waals surface area contributed by atoms with E-state index in [1.807, 2.05) is 0 Å². The number of nitrogens with one attached hydrogen (secondary N) is 2. The van der Waals surface area contributed by atoms with Gasteiger partial charge in [-0.3, -0.25) is 4.79 Å². The first-order valence-electron chi connectivity index (χ1n) is 9.22. The van der Waals surface area contributed by atoms with Crippen LogP contribution in [0, 0.1) is 5.82 Å². The summed E-state index contributed by atoms with van der Waals surface area (Å²) in [6.45, 7) is 1.79. The van der Waals surface area contributed by atoms with Crippen molar-refractivity contribution in [3.63, 3.8) is 0 Å². The van der Waals surface area contributed by atoms with Crippen LogP contribution in [0.15, 0.2) is 39.8 Å². The zero-order chi connectivity index (χ0) is 20.0. The molecule has 4 heterocycles. The fourth-order valence-electron chi connectivity index (χ4n) is 3.70. The van der Waals surface area contributed by atoms with Gasteiger partial charge in [-0.1, -0.05) is 22.8 Å². The van der Waals surface area contributed by atoms with Crippen LogP contribution < -0.4 is 10.9 Å². The van der Waals surface area contributed by atoms with Gasteiger partial charge in [0, 0.05) is 12.0 Å². The summed E-state index contributed by atoms with van der Waals surface area (Å²) in [5.74, 6) is -0.204. The van der Waals surface area contributed by atoms with Gasteiger partial charge in [-0.15, -0.1) is 12.4 Å². The molecular formula is C19H17Cl2FN6O2. The van der Waals surface area contributed by atoms with Crippen LogP contribution >= 0.6 is 24.0 Å². The first-order valence-corrected chi connectivity index (χ1v) is 9.60. The topological polar surface area (TPSA) is 101 Å². The second-order valence-electron chi connectivity index (χ2n) is 6.93. The van der Waals surface area contributed by atoms with Crippen molar-refractivity contribution < 1.29 is 8.91 Å². The lowest BCUT2D eigenvalue weighted by Gasteiger charge is -2.23. The van der Waals surface area contributed by atoms with Gasteiger partial charge in [0.05, 0.1) is 28.0 Å². The minimum atomic E-state index is -0.633. The Morgan fingerprint density at radius 2 is 2.03 bits per heavy atom. The van der Waals surface area contributed by atoms with E-state index in [2.05, 4.69) is 25.5 Å².